The van der Waals surface area contributed by atoms with Gasteiger partial charge in [-0.25, -0.2) is 0 Å². The van der Waals surface area contributed by atoms with Crippen LogP contribution in [0.4, 0.5) is 0 Å². The van der Waals surface area contributed by atoms with Crippen LogP contribution in [0.1, 0.15) is 16.0 Å². The first-order valence-corrected chi connectivity index (χ1v) is 8.22. The van der Waals surface area contributed by atoms with Crippen LogP contribution in [0.15, 0.2) is 40.7 Å². The maximum atomic E-state index is 5.37. The summed E-state index contributed by atoms with van der Waals surface area (Å²) < 4.78 is 5.37. The second kappa shape index (κ2) is 8.44. The van der Waals surface area contributed by atoms with Gasteiger partial charge in [0.2, 0.25) is 0 Å². The molecule has 118 valence electrons. The van der Waals surface area contributed by atoms with Crippen LogP contribution < -0.4 is 15.4 Å². The average molecular weight is 317 g/mol. The number of rotatable bonds is 6. The number of hydrogen-bond donors (Lipinski definition) is 2. The fourth-order valence-corrected chi connectivity index (χ4v) is 3.04. The van der Waals surface area contributed by atoms with Crippen LogP contribution in [0.2, 0.25) is 0 Å². The Morgan fingerprint density at radius 1 is 1.23 bits per heavy atom. The lowest BCUT2D eigenvalue weighted by molar-refractivity contribution is 0.409. The molecule has 0 aliphatic carbocycles. The first-order chi connectivity index (χ1) is 10.7. The monoisotopic (exact) mass is 317 g/mol. The Morgan fingerprint density at radius 3 is 2.73 bits per heavy atom. The molecule has 1 aromatic carbocycles. The van der Waals surface area contributed by atoms with Crippen LogP contribution in [0.25, 0.3) is 0 Å². The Morgan fingerprint density at radius 2 is 2.05 bits per heavy atom. The van der Waals surface area contributed by atoms with Gasteiger partial charge in [-0.1, -0.05) is 18.2 Å². The van der Waals surface area contributed by atoms with Gasteiger partial charge in [-0.15, -0.1) is 11.3 Å². The van der Waals surface area contributed by atoms with Gasteiger partial charge in [-0.05, 0) is 42.0 Å². The molecule has 0 saturated heterocycles. The van der Waals surface area contributed by atoms with Crippen molar-refractivity contribution in [2.45, 2.75) is 19.9 Å². The number of para-hydroxylation sites is 1. The molecule has 0 radical (unpaired) electrons. The Balaban J connectivity index is 1.80. The van der Waals surface area contributed by atoms with Crippen LogP contribution in [0, 0.1) is 6.92 Å². The van der Waals surface area contributed by atoms with E-state index in [1.807, 2.05) is 18.2 Å². The molecule has 2 N–H and O–H groups in total. The molecular weight excluding hydrogens is 294 g/mol. The number of ether oxygens (including phenoxy) is 1. The number of hydrogen-bond acceptors (Lipinski definition) is 3. The van der Waals surface area contributed by atoms with Gasteiger partial charge in [0.1, 0.15) is 5.75 Å². The Kier molecular flexibility index (Phi) is 6.27. The lowest BCUT2D eigenvalue weighted by atomic mass is 10.1. The minimum atomic E-state index is 0.803. The highest BCUT2D eigenvalue weighted by Gasteiger charge is 2.04. The van der Waals surface area contributed by atoms with Crippen LogP contribution in [0.5, 0.6) is 5.75 Å². The predicted octanol–water partition coefficient (Wildman–Crippen LogP) is 2.97. The lowest BCUT2D eigenvalue weighted by Gasteiger charge is -2.13. The highest BCUT2D eigenvalue weighted by atomic mass is 32.1. The zero-order chi connectivity index (χ0) is 15.8. The molecule has 0 saturated carbocycles. The molecule has 0 bridgehead atoms. The van der Waals surface area contributed by atoms with E-state index in [1.54, 1.807) is 25.5 Å². The van der Waals surface area contributed by atoms with Crippen molar-refractivity contribution in [1.82, 2.24) is 10.6 Å². The summed E-state index contributed by atoms with van der Waals surface area (Å²) in [6.45, 7) is 3.74. The Labute approximate surface area is 136 Å². The van der Waals surface area contributed by atoms with Gasteiger partial charge in [0.05, 0.1) is 13.7 Å². The van der Waals surface area contributed by atoms with E-state index < -0.39 is 0 Å². The van der Waals surface area contributed by atoms with Gasteiger partial charge in [0.25, 0.3) is 0 Å². The Bertz CT molecular complexity index is 622. The summed E-state index contributed by atoms with van der Waals surface area (Å²) in [5.41, 5.74) is 2.52. The minimum absolute atomic E-state index is 0.803. The third-order valence-corrected chi connectivity index (χ3v) is 4.51. The quantitative estimate of drug-likeness (QED) is 0.636. The van der Waals surface area contributed by atoms with Crippen LogP contribution in [-0.4, -0.2) is 26.7 Å². The first-order valence-electron chi connectivity index (χ1n) is 7.34. The molecular formula is C17H23N3OS. The number of aryl methyl sites for hydroxylation is 1. The summed E-state index contributed by atoms with van der Waals surface area (Å²) in [7, 11) is 3.50. The second-order valence-corrected chi connectivity index (χ2v) is 5.94. The van der Waals surface area contributed by atoms with Gasteiger partial charge < -0.3 is 15.4 Å². The van der Waals surface area contributed by atoms with E-state index >= 15 is 0 Å². The van der Waals surface area contributed by atoms with Crippen molar-refractivity contribution in [3.8, 4) is 5.75 Å². The highest BCUT2D eigenvalue weighted by Crippen LogP contribution is 2.17. The number of thiophene rings is 1. The molecule has 0 unspecified atom stereocenters. The van der Waals surface area contributed by atoms with Gasteiger partial charge in [0, 0.05) is 18.5 Å². The van der Waals surface area contributed by atoms with Gasteiger partial charge >= 0.3 is 0 Å². The van der Waals surface area contributed by atoms with E-state index in [2.05, 4.69) is 40.1 Å². The van der Waals surface area contributed by atoms with Crippen molar-refractivity contribution in [2.75, 3.05) is 20.7 Å². The third-order valence-electron chi connectivity index (χ3n) is 3.49. The van der Waals surface area contributed by atoms with E-state index in [0.29, 0.717) is 0 Å². The summed E-state index contributed by atoms with van der Waals surface area (Å²) in [5.74, 6) is 1.75. The fourth-order valence-electron chi connectivity index (χ4n) is 2.19. The second-order valence-electron chi connectivity index (χ2n) is 4.94. The smallest absolute Gasteiger partial charge is 0.191 e. The number of methoxy groups -OCH3 is 1. The summed E-state index contributed by atoms with van der Waals surface area (Å²) in [6.07, 6.45) is 0.892. The Hall–Kier alpha value is -2.01. The summed E-state index contributed by atoms with van der Waals surface area (Å²) in [6, 6.07) is 10.2. The SMILES string of the molecule is CN=C(NCCc1ccccc1OC)NCc1sccc1C. The van der Waals surface area contributed by atoms with Crippen molar-refractivity contribution in [3.05, 3.63) is 51.7 Å². The molecule has 1 aromatic heterocycles. The molecule has 5 heteroatoms. The zero-order valence-electron chi connectivity index (χ0n) is 13.3. The van der Waals surface area contributed by atoms with Crippen molar-refractivity contribution in [3.63, 3.8) is 0 Å². The number of aliphatic imine (C=N–C) groups is 1. The molecule has 0 atom stereocenters. The molecule has 2 aromatic rings. The van der Waals surface area contributed by atoms with Crippen molar-refractivity contribution in [1.29, 1.82) is 0 Å². The van der Waals surface area contributed by atoms with Gasteiger partial charge in [-0.3, -0.25) is 4.99 Å². The maximum absolute atomic E-state index is 5.37. The normalized spacial score (nSPS) is 11.3. The standard InChI is InChI=1S/C17H23N3OS/c1-13-9-11-22-16(13)12-20-17(18-2)19-10-8-14-6-4-5-7-15(14)21-3/h4-7,9,11H,8,10,12H2,1-3H3,(H2,18,19,20). The van der Waals surface area contributed by atoms with Crippen molar-refractivity contribution < 1.29 is 4.74 Å². The molecule has 4 nitrogen and oxygen atoms in total. The first kappa shape index (κ1) is 16.4. The van der Waals surface area contributed by atoms with E-state index in [0.717, 1.165) is 31.2 Å². The van der Waals surface area contributed by atoms with Gasteiger partial charge in [-0.2, -0.15) is 0 Å². The molecule has 0 aliphatic heterocycles. The molecule has 0 amide bonds. The topological polar surface area (TPSA) is 45.7 Å². The average Bonchev–Trinajstić information content (AvgIpc) is 2.96. The molecule has 2 rings (SSSR count). The molecule has 0 fully saturated rings. The fraction of sp³-hybridized carbons (Fsp3) is 0.353. The van der Waals surface area contributed by atoms with E-state index in [1.165, 1.54) is 16.0 Å². The molecule has 1 heterocycles. The highest BCUT2D eigenvalue weighted by molar-refractivity contribution is 7.10. The maximum Gasteiger partial charge on any atom is 0.191 e. The number of nitrogens with one attached hydrogen (secondary N) is 2. The summed E-state index contributed by atoms with van der Waals surface area (Å²) in [4.78, 5) is 5.60. The van der Waals surface area contributed by atoms with Gasteiger partial charge in [0.15, 0.2) is 5.96 Å². The minimum Gasteiger partial charge on any atom is -0.496 e. The van der Waals surface area contributed by atoms with Crippen LogP contribution >= 0.6 is 11.3 Å². The van der Waals surface area contributed by atoms with E-state index in [-0.39, 0.29) is 0 Å². The molecule has 22 heavy (non-hydrogen) atoms. The number of guanidine groups is 1. The zero-order valence-corrected chi connectivity index (χ0v) is 14.2. The predicted molar refractivity (Wildman–Crippen MR) is 94.0 cm³/mol. The van der Waals surface area contributed by atoms with Crippen molar-refractivity contribution >= 4 is 17.3 Å². The van der Waals surface area contributed by atoms with Crippen molar-refractivity contribution in [2.24, 2.45) is 4.99 Å². The molecule has 0 spiro atoms. The third kappa shape index (κ3) is 4.49. The van der Waals surface area contributed by atoms with Crippen LogP contribution in [-0.2, 0) is 13.0 Å². The summed E-state index contributed by atoms with van der Waals surface area (Å²) in [5, 5.41) is 8.80. The molecule has 0 aliphatic rings. The van der Waals surface area contributed by atoms with Crippen LogP contribution in [0.3, 0.4) is 0 Å². The lowest BCUT2D eigenvalue weighted by Crippen LogP contribution is -2.37. The van der Waals surface area contributed by atoms with E-state index in [4.69, 9.17) is 4.74 Å². The number of benzene rings is 1. The number of nitrogens with zero attached hydrogens (tertiary/aromatic N) is 1. The van der Waals surface area contributed by atoms with E-state index in [9.17, 15) is 0 Å². The largest absolute Gasteiger partial charge is 0.496 e. The summed E-state index contributed by atoms with van der Waals surface area (Å²) >= 11 is 1.77.